The van der Waals surface area contributed by atoms with Crippen LogP contribution < -0.4 is 16.6 Å². The monoisotopic (exact) mass is 294 g/mol. The fraction of sp³-hybridized carbons (Fsp3) is 0.167. The van der Waals surface area contributed by atoms with E-state index in [2.05, 4.69) is 15.6 Å². The number of nitrogens with two attached hydrogens (primary N) is 1. The topological polar surface area (TPSA) is 137 Å². The molecule has 1 amide bonds. The molecule has 0 aromatic heterocycles. The highest BCUT2D eigenvalue weighted by Crippen LogP contribution is 2.11. The maximum atomic E-state index is 11.7. The lowest BCUT2D eigenvalue weighted by atomic mass is 10.2. The van der Waals surface area contributed by atoms with Crippen LogP contribution in [-0.2, 0) is 9.53 Å². The van der Waals surface area contributed by atoms with Crippen LogP contribution in [0.15, 0.2) is 36.2 Å². The van der Waals surface area contributed by atoms with E-state index in [1.807, 2.05) is 0 Å². The maximum absolute atomic E-state index is 11.7. The molecule has 0 unspecified atom stereocenters. The van der Waals surface area contributed by atoms with Crippen molar-refractivity contribution in [1.82, 2.24) is 10.9 Å². The first kappa shape index (κ1) is 16.0. The zero-order valence-electron chi connectivity index (χ0n) is 11.2. The van der Waals surface area contributed by atoms with Gasteiger partial charge in [0.2, 0.25) is 0 Å². The van der Waals surface area contributed by atoms with Crippen molar-refractivity contribution in [3.05, 3.63) is 51.8 Å². The van der Waals surface area contributed by atoms with E-state index >= 15 is 0 Å². The minimum absolute atomic E-state index is 0.108. The van der Waals surface area contributed by atoms with Gasteiger partial charge in [0.15, 0.2) is 0 Å². The van der Waals surface area contributed by atoms with Crippen molar-refractivity contribution in [3.8, 4) is 0 Å². The Morgan fingerprint density at radius 3 is 2.48 bits per heavy atom. The second-order valence-electron chi connectivity index (χ2n) is 3.73. The molecular weight excluding hydrogens is 280 g/mol. The van der Waals surface area contributed by atoms with Crippen molar-refractivity contribution in [2.45, 2.75) is 6.92 Å². The summed E-state index contributed by atoms with van der Waals surface area (Å²) in [6.07, 6.45) is 0.972. The van der Waals surface area contributed by atoms with Gasteiger partial charge in [-0.15, -0.1) is 0 Å². The van der Waals surface area contributed by atoms with Gasteiger partial charge >= 0.3 is 5.97 Å². The van der Waals surface area contributed by atoms with E-state index in [1.54, 1.807) is 6.92 Å². The molecule has 9 nitrogen and oxygen atoms in total. The average Bonchev–Trinajstić information content (AvgIpc) is 2.45. The quantitative estimate of drug-likeness (QED) is 0.295. The SMILES string of the molecule is CCOC(=O)/C=C(\N)NNC(=O)c1ccc([N+](=O)[O-])cc1. The van der Waals surface area contributed by atoms with Crippen LogP contribution in [-0.4, -0.2) is 23.4 Å². The van der Waals surface area contributed by atoms with Crippen molar-refractivity contribution >= 4 is 17.6 Å². The molecule has 112 valence electrons. The number of non-ortho nitro benzene ring substituents is 1. The lowest BCUT2D eigenvalue weighted by Gasteiger charge is -2.08. The Morgan fingerprint density at radius 1 is 1.33 bits per heavy atom. The normalized spacial score (nSPS) is 10.6. The second-order valence-corrected chi connectivity index (χ2v) is 3.73. The number of carbonyl (C=O) groups excluding carboxylic acids is 2. The van der Waals surface area contributed by atoms with Gasteiger partial charge in [0.05, 0.1) is 17.6 Å². The Morgan fingerprint density at radius 2 is 1.95 bits per heavy atom. The van der Waals surface area contributed by atoms with Gasteiger partial charge in [0.1, 0.15) is 5.82 Å². The summed E-state index contributed by atoms with van der Waals surface area (Å²) in [4.78, 5) is 32.7. The first-order chi connectivity index (χ1) is 9.93. The molecule has 1 rings (SSSR count). The number of ether oxygens (including phenoxy) is 1. The minimum Gasteiger partial charge on any atom is -0.463 e. The first-order valence-electron chi connectivity index (χ1n) is 5.88. The van der Waals surface area contributed by atoms with E-state index < -0.39 is 16.8 Å². The summed E-state index contributed by atoms with van der Waals surface area (Å²) in [6, 6.07) is 4.99. The summed E-state index contributed by atoms with van der Waals surface area (Å²) in [6.45, 7) is 1.85. The van der Waals surface area contributed by atoms with Crippen LogP contribution in [0.4, 0.5) is 5.69 Å². The van der Waals surface area contributed by atoms with Gasteiger partial charge in [-0.3, -0.25) is 25.8 Å². The van der Waals surface area contributed by atoms with Gasteiger partial charge in [-0.1, -0.05) is 0 Å². The molecule has 0 aliphatic rings. The summed E-state index contributed by atoms with van der Waals surface area (Å²) in [5, 5.41) is 10.5. The second kappa shape index (κ2) is 7.48. The molecule has 0 bridgehead atoms. The molecular formula is C12H14N4O5. The maximum Gasteiger partial charge on any atom is 0.334 e. The third-order valence-corrected chi connectivity index (χ3v) is 2.22. The highest BCUT2D eigenvalue weighted by molar-refractivity contribution is 5.94. The Labute approximate surface area is 119 Å². The third kappa shape index (κ3) is 5.19. The van der Waals surface area contributed by atoms with E-state index in [-0.39, 0.29) is 23.7 Å². The van der Waals surface area contributed by atoms with Gasteiger partial charge in [0, 0.05) is 17.7 Å². The number of hydrogen-bond acceptors (Lipinski definition) is 7. The Hall–Kier alpha value is -3.10. The van der Waals surface area contributed by atoms with Crippen molar-refractivity contribution in [2.24, 2.45) is 5.73 Å². The van der Waals surface area contributed by atoms with E-state index in [1.165, 1.54) is 24.3 Å². The van der Waals surface area contributed by atoms with E-state index in [4.69, 9.17) is 5.73 Å². The van der Waals surface area contributed by atoms with Gasteiger partial charge in [0.25, 0.3) is 11.6 Å². The molecule has 1 aromatic carbocycles. The molecule has 4 N–H and O–H groups in total. The number of nitrogens with zero attached hydrogens (tertiary/aromatic N) is 1. The van der Waals surface area contributed by atoms with Crippen molar-refractivity contribution < 1.29 is 19.2 Å². The van der Waals surface area contributed by atoms with Crippen LogP contribution in [0.5, 0.6) is 0 Å². The summed E-state index contributed by atoms with van der Waals surface area (Å²) < 4.78 is 4.63. The number of carbonyl (C=O) groups is 2. The first-order valence-corrected chi connectivity index (χ1v) is 5.88. The number of esters is 1. The minimum atomic E-state index is -0.646. The fourth-order valence-electron chi connectivity index (χ4n) is 1.28. The average molecular weight is 294 g/mol. The molecule has 0 radical (unpaired) electrons. The molecule has 0 fully saturated rings. The molecule has 21 heavy (non-hydrogen) atoms. The van der Waals surface area contributed by atoms with Crippen LogP contribution in [0.2, 0.25) is 0 Å². The number of amides is 1. The van der Waals surface area contributed by atoms with Crippen LogP contribution in [0.1, 0.15) is 17.3 Å². The van der Waals surface area contributed by atoms with Crippen LogP contribution in [0, 0.1) is 10.1 Å². The standard InChI is InChI=1S/C12H14N4O5/c1-2-21-11(17)7-10(13)14-15-12(18)8-3-5-9(6-4-8)16(19)20/h3-7,14H,2,13H2,1H3,(H,15,18)/b10-7+. The summed E-state index contributed by atoms with van der Waals surface area (Å²) in [5.74, 6) is -1.32. The number of nitro benzene ring substituents is 1. The molecule has 9 heteroatoms. The molecule has 0 aliphatic heterocycles. The fourth-order valence-corrected chi connectivity index (χ4v) is 1.28. The molecule has 0 atom stereocenters. The zero-order valence-corrected chi connectivity index (χ0v) is 11.2. The van der Waals surface area contributed by atoms with Crippen molar-refractivity contribution in [3.63, 3.8) is 0 Å². The summed E-state index contributed by atoms with van der Waals surface area (Å²) in [5.41, 5.74) is 10.1. The Kier molecular flexibility index (Phi) is 5.68. The largest absolute Gasteiger partial charge is 0.463 e. The number of hydrazine groups is 1. The van der Waals surface area contributed by atoms with Crippen LogP contribution in [0.25, 0.3) is 0 Å². The number of rotatable bonds is 6. The molecule has 1 aromatic rings. The van der Waals surface area contributed by atoms with Gasteiger partial charge in [-0.05, 0) is 19.1 Å². The zero-order chi connectivity index (χ0) is 15.8. The molecule has 0 saturated carbocycles. The third-order valence-electron chi connectivity index (χ3n) is 2.22. The number of nitro groups is 1. The molecule has 0 heterocycles. The smallest absolute Gasteiger partial charge is 0.334 e. The predicted octanol–water partition coefficient (Wildman–Crippen LogP) is 0.192. The lowest BCUT2D eigenvalue weighted by Crippen LogP contribution is -2.39. The molecule has 0 aliphatic carbocycles. The van der Waals surface area contributed by atoms with Gasteiger partial charge in [-0.2, -0.15) is 0 Å². The summed E-state index contributed by atoms with van der Waals surface area (Å²) >= 11 is 0. The van der Waals surface area contributed by atoms with E-state index in [9.17, 15) is 19.7 Å². The Balaban J connectivity index is 2.57. The summed E-state index contributed by atoms with van der Waals surface area (Å²) in [7, 11) is 0. The number of hydrogen-bond donors (Lipinski definition) is 3. The highest BCUT2D eigenvalue weighted by Gasteiger charge is 2.09. The molecule has 0 spiro atoms. The Bertz CT molecular complexity index is 568. The van der Waals surface area contributed by atoms with Crippen LogP contribution >= 0.6 is 0 Å². The lowest BCUT2D eigenvalue weighted by molar-refractivity contribution is -0.384. The van der Waals surface area contributed by atoms with Crippen molar-refractivity contribution in [2.75, 3.05) is 6.61 Å². The number of nitrogens with one attached hydrogen (secondary N) is 2. The van der Waals surface area contributed by atoms with Gasteiger partial charge in [-0.25, -0.2) is 4.79 Å². The predicted molar refractivity (Wildman–Crippen MR) is 72.6 cm³/mol. The molecule has 0 saturated heterocycles. The van der Waals surface area contributed by atoms with Crippen molar-refractivity contribution in [1.29, 1.82) is 0 Å². The number of benzene rings is 1. The van der Waals surface area contributed by atoms with E-state index in [0.29, 0.717) is 0 Å². The van der Waals surface area contributed by atoms with Crippen LogP contribution in [0.3, 0.4) is 0 Å². The van der Waals surface area contributed by atoms with E-state index in [0.717, 1.165) is 6.08 Å². The highest BCUT2D eigenvalue weighted by atomic mass is 16.6. The van der Waals surface area contributed by atoms with Gasteiger partial charge < -0.3 is 10.5 Å².